The number of nitrogens with zero attached hydrogens (tertiary/aromatic N) is 3. The molecule has 1 aliphatic carbocycles. The average molecular weight is 430 g/mol. The zero-order valence-electron chi connectivity index (χ0n) is 18.6. The van der Waals surface area contributed by atoms with Crippen LogP contribution in [-0.4, -0.2) is 66.8 Å². The number of benzene rings is 1. The number of epoxide rings is 1. The Morgan fingerprint density at radius 2 is 1.61 bits per heavy atom. The van der Waals surface area contributed by atoms with Gasteiger partial charge >= 0.3 is 0 Å². The second kappa shape index (κ2) is 9.07. The molecule has 5 rings (SSSR count). The Bertz CT molecular complexity index is 751. The highest BCUT2D eigenvalue weighted by Gasteiger charge is 2.54. The van der Waals surface area contributed by atoms with E-state index in [2.05, 4.69) is 9.80 Å². The van der Waals surface area contributed by atoms with E-state index in [1.165, 1.54) is 63.6 Å². The molecule has 1 atom stereocenters. The lowest BCUT2D eigenvalue weighted by Gasteiger charge is -2.44. The number of ether oxygens (including phenoxy) is 1. The lowest BCUT2D eigenvalue weighted by molar-refractivity contribution is -0.133. The van der Waals surface area contributed by atoms with Crippen molar-refractivity contribution in [2.24, 2.45) is 5.92 Å². The predicted molar refractivity (Wildman–Crippen MR) is 119 cm³/mol. The monoisotopic (exact) mass is 429 g/mol. The van der Waals surface area contributed by atoms with Crippen molar-refractivity contribution in [1.82, 2.24) is 9.80 Å². The molecule has 3 saturated heterocycles. The van der Waals surface area contributed by atoms with Crippen LogP contribution in [0.3, 0.4) is 0 Å². The molecule has 31 heavy (non-hydrogen) atoms. The van der Waals surface area contributed by atoms with Crippen molar-refractivity contribution >= 4 is 11.6 Å². The minimum atomic E-state index is -0.496. The fourth-order valence-electron chi connectivity index (χ4n) is 5.97. The van der Waals surface area contributed by atoms with E-state index in [4.69, 9.17) is 4.74 Å². The zero-order valence-corrected chi connectivity index (χ0v) is 18.6. The maximum absolute atomic E-state index is 13.6. The number of carbonyl (C=O) groups is 1. The standard InChI is InChI=1S/C25H36FN3O2/c26-21-8-10-22(11-9-21)29-19-28(17-23-18-31-23)24(30)25(29)12-14-27(15-13-25)16-20-6-4-2-1-3-5-7-20/h8-11,20,23H,1-7,12-19H2. The van der Waals surface area contributed by atoms with Crippen molar-refractivity contribution in [3.8, 4) is 0 Å². The van der Waals surface area contributed by atoms with E-state index in [-0.39, 0.29) is 17.8 Å². The van der Waals surface area contributed by atoms with Crippen LogP contribution in [0, 0.1) is 11.7 Å². The normalized spacial score (nSPS) is 27.5. The lowest BCUT2D eigenvalue weighted by Crippen LogP contribution is -2.57. The summed E-state index contributed by atoms with van der Waals surface area (Å²) in [5, 5.41) is 0. The van der Waals surface area contributed by atoms with Crippen LogP contribution in [0.15, 0.2) is 24.3 Å². The molecule has 1 saturated carbocycles. The number of rotatable bonds is 5. The molecule has 3 aliphatic heterocycles. The summed E-state index contributed by atoms with van der Waals surface area (Å²) in [5.41, 5.74) is 0.451. The van der Waals surface area contributed by atoms with Crippen LogP contribution in [-0.2, 0) is 9.53 Å². The molecule has 6 heteroatoms. The molecule has 0 radical (unpaired) electrons. The van der Waals surface area contributed by atoms with Gasteiger partial charge < -0.3 is 19.4 Å². The van der Waals surface area contributed by atoms with E-state index in [1.54, 1.807) is 0 Å². The van der Waals surface area contributed by atoms with Crippen LogP contribution < -0.4 is 4.90 Å². The first-order chi connectivity index (χ1) is 15.1. The molecule has 1 amide bonds. The maximum Gasteiger partial charge on any atom is 0.250 e. The second-order valence-electron chi connectivity index (χ2n) is 10.1. The largest absolute Gasteiger partial charge is 0.371 e. The number of carbonyl (C=O) groups excluding carboxylic acids is 1. The van der Waals surface area contributed by atoms with E-state index >= 15 is 0 Å². The van der Waals surface area contributed by atoms with Gasteiger partial charge in [0, 0.05) is 25.3 Å². The lowest BCUT2D eigenvalue weighted by atomic mass is 9.84. The molecule has 4 aliphatic rings. The van der Waals surface area contributed by atoms with Crippen molar-refractivity contribution in [2.75, 3.05) is 44.4 Å². The van der Waals surface area contributed by atoms with E-state index in [1.807, 2.05) is 17.0 Å². The van der Waals surface area contributed by atoms with Gasteiger partial charge in [0.25, 0.3) is 0 Å². The van der Waals surface area contributed by atoms with Gasteiger partial charge in [-0.25, -0.2) is 4.39 Å². The fourth-order valence-corrected chi connectivity index (χ4v) is 5.97. The predicted octanol–water partition coefficient (Wildman–Crippen LogP) is 4.03. The number of hydrogen-bond donors (Lipinski definition) is 0. The summed E-state index contributed by atoms with van der Waals surface area (Å²) < 4.78 is 19.0. The maximum atomic E-state index is 13.6. The summed E-state index contributed by atoms with van der Waals surface area (Å²) in [4.78, 5) is 20.4. The van der Waals surface area contributed by atoms with Gasteiger partial charge in [-0.05, 0) is 55.9 Å². The van der Waals surface area contributed by atoms with Crippen LogP contribution in [0.25, 0.3) is 0 Å². The van der Waals surface area contributed by atoms with E-state index < -0.39 is 5.54 Å². The zero-order chi connectivity index (χ0) is 21.3. The van der Waals surface area contributed by atoms with Crippen LogP contribution in [0.1, 0.15) is 57.8 Å². The molecule has 170 valence electrons. The molecule has 1 unspecified atom stereocenters. The third-order valence-electron chi connectivity index (χ3n) is 7.90. The first kappa shape index (κ1) is 21.2. The summed E-state index contributed by atoms with van der Waals surface area (Å²) in [6, 6.07) is 6.65. The van der Waals surface area contributed by atoms with Gasteiger partial charge in [0.15, 0.2) is 0 Å². The molecule has 5 nitrogen and oxygen atoms in total. The highest BCUT2D eigenvalue weighted by atomic mass is 19.1. The van der Waals surface area contributed by atoms with E-state index in [0.29, 0.717) is 13.2 Å². The number of anilines is 1. The Morgan fingerprint density at radius 3 is 2.26 bits per heavy atom. The summed E-state index contributed by atoms with van der Waals surface area (Å²) in [6.07, 6.45) is 11.5. The summed E-state index contributed by atoms with van der Waals surface area (Å²) in [5.74, 6) is 0.809. The SMILES string of the molecule is O=C1N(CC2CO2)CN(c2ccc(F)cc2)C12CCN(CC1CCCCCCC1)CC2. The van der Waals surface area contributed by atoms with Crippen LogP contribution in [0.4, 0.5) is 10.1 Å². The molecule has 4 fully saturated rings. The fraction of sp³-hybridized carbons (Fsp3) is 0.720. The number of amides is 1. The van der Waals surface area contributed by atoms with Gasteiger partial charge in [-0.15, -0.1) is 0 Å². The van der Waals surface area contributed by atoms with Crippen LogP contribution in [0.5, 0.6) is 0 Å². The van der Waals surface area contributed by atoms with E-state index in [0.717, 1.165) is 44.1 Å². The highest BCUT2D eigenvalue weighted by Crippen LogP contribution is 2.40. The van der Waals surface area contributed by atoms with Crippen molar-refractivity contribution < 1.29 is 13.9 Å². The summed E-state index contributed by atoms with van der Waals surface area (Å²) in [7, 11) is 0. The van der Waals surface area contributed by atoms with Crippen LogP contribution >= 0.6 is 0 Å². The molecule has 0 aromatic heterocycles. The van der Waals surface area contributed by atoms with Crippen molar-refractivity contribution in [1.29, 1.82) is 0 Å². The van der Waals surface area contributed by atoms with Crippen LogP contribution in [0.2, 0.25) is 0 Å². The Kier molecular flexibility index (Phi) is 6.20. The first-order valence-corrected chi connectivity index (χ1v) is 12.3. The minimum absolute atomic E-state index is 0.188. The van der Waals surface area contributed by atoms with Gasteiger partial charge in [-0.3, -0.25) is 4.79 Å². The Balaban J connectivity index is 1.28. The second-order valence-corrected chi connectivity index (χ2v) is 10.1. The third kappa shape index (κ3) is 4.61. The molecular weight excluding hydrogens is 393 g/mol. The van der Waals surface area contributed by atoms with Crippen molar-refractivity contribution in [3.05, 3.63) is 30.1 Å². The number of hydrogen-bond acceptors (Lipinski definition) is 4. The Hall–Kier alpha value is -1.66. The van der Waals surface area contributed by atoms with Gasteiger partial charge in [-0.2, -0.15) is 0 Å². The Labute approximate surface area is 185 Å². The summed E-state index contributed by atoms with van der Waals surface area (Å²) in [6.45, 7) is 5.11. The molecule has 1 spiro atoms. The number of halogens is 1. The quantitative estimate of drug-likeness (QED) is 0.663. The third-order valence-corrected chi connectivity index (χ3v) is 7.90. The summed E-state index contributed by atoms with van der Waals surface area (Å²) >= 11 is 0. The molecule has 1 aromatic carbocycles. The molecule has 0 N–H and O–H groups in total. The number of piperidine rings is 1. The van der Waals surface area contributed by atoms with Gasteiger partial charge in [0.1, 0.15) is 11.4 Å². The minimum Gasteiger partial charge on any atom is -0.371 e. The molecule has 3 heterocycles. The smallest absolute Gasteiger partial charge is 0.250 e. The first-order valence-electron chi connectivity index (χ1n) is 12.3. The average Bonchev–Trinajstić information content (AvgIpc) is 3.54. The van der Waals surface area contributed by atoms with Gasteiger partial charge in [0.2, 0.25) is 5.91 Å². The topological polar surface area (TPSA) is 39.3 Å². The van der Waals surface area contributed by atoms with E-state index in [9.17, 15) is 9.18 Å². The molecular formula is C25H36FN3O2. The van der Waals surface area contributed by atoms with Gasteiger partial charge in [-0.1, -0.05) is 32.1 Å². The van der Waals surface area contributed by atoms with Crippen molar-refractivity contribution in [2.45, 2.75) is 69.4 Å². The number of likely N-dealkylation sites (tertiary alicyclic amines) is 1. The Morgan fingerprint density at radius 1 is 0.968 bits per heavy atom. The van der Waals surface area contributed by atoms with Gasteiger partial charge in [0.05, 0.1) is 25.9 Å². The molecule has 1 aromatic rings. The highest BCUT2D eigenvalue weighted by molar-refractivity contribution is 5.93. The van der Waals surface area contributed by atoms with Crippen molar-refractivity contribution in [3.63, 3.8) is 0 Å². The molecule has 0 bridgehead atoms.